The van der Waals surface area contributed by atoms with E-state index < -0.39 is 0 Å². The van der Waals surface area contributed by atoms with Crippen molar-refractivity contribution < 1.29 is 14.3 Å². The Labute approximate surface area is 167 Å². The zero-order valence-electron chi connectivity index (χ0n) is 16.7. The molecule has 2 aromatic rings. The first-order chi connectivity index (χ1) is 13.7. The van der Waals surface area contributed by atoms with Crippen molar-refractivity contribution in [2.24, 2.45) is 0 Å². The first-order valence-electron chi connectivity index (χ1n) is 10.1. The van der Waals surface area contributed by atoms with Crippen molar-refractivity contribution in [2.75, 3.05) is 52.5 Å². The summed E-state index contributed by atoms with van der Waals surface area (Å²) in [7, 11) is 0. The highest BCUT2D eigenvalue weighted by Crippen LogP contribution is 2.10. The number of benzene rings is 2. The van der Waals surface area contributed by atoms with Gasteiger partial charge in [0.25, 0.3) is 0 Å². The van der Waals surface area contributed by atoms with E-state index in [1.807, 2.05) is 61.5 Å². The van der Waals surface area contributed by atoms with E-state index in [4.69, 9.17) is 9.47 Å². The van der Waals surface area contributed by atoms with Crippen molar-refractivity contribution >= 4 is 5.97 Å². The van der Waals surface area contributed by atoms with E-state index in [-0.39, 0.29) is 5.97 Å². The van der Waals surface area contributed by atoms with Gasteiger partial charge in [0.05, 0.1) is 12.2 Å². The normalized spacial score (nSPS) is 15.3. The lowest BCUT2D eigenvalue weighted by atomic mass is 10.1. The molecule has 5 heteroatoms. The lowest BCUT2D eigenvalue weighted by Gasteiger charge is -2.34. The molecule has 0 aliphatic carbocycles. The van der Waals surface area contributed by atoms with Crippen LogP contribution in [0.2, 0.25) is 0 Å². The van der Waals surface area contributed by atoms with Gasteiger partial charge in [0.2, 0.25) is 0 Å². The Bertz CT molecular complexity index is 710. The third-order valence-corrected chi connectivity index (χ3v) is 5.07. The average Bonchev–Trinajstić information content (AvgIpc) is 2.74. The Morgan fingerprint density at radius 3 is 2.18 bits per heavy atom. The van der Waals surface area contributed by atoms with Gasteiger partial charge < -0.3 is 14.4 Å². The predicted molar refractivity (Wildman–Crippen MR) is 111 cm³/mol. The highest BCUT2D eigenvalue weighted by atomic mass is 16.5. The first kappa shape index (κ1) is 20.4. The van der Waals surface area contributed by atoms with E-state index in [0.29, 0.717) is 12.2 Å². The molecule has 0 N–H and O–H groups in total. The van der Waals surface area contributed by atoms with Crippen LogP contribution in [0.1, 0.15) is 22.8 Å². The van der Waals surface area contributed by atoms with E-state index in [1.165, 1.54) is 5.56 Å². The smallest absolute Gasteiger partial charge is 0.338 e. The fourth-order valence-electron chi connectivity index (χ4n) is 3.35. The molecule has 1 heterocycles. The molecule has 0 saturated carbocycles. The first-order valence-corrected chi connectivity index (χ1v) is 10.1. The maximum atomic E-state index is 11.7. The lowest BCUT2D eigenvalue weighted by molar-refractivity contribution is 0.0526. The third-order valence-electron chi connectivity index (χ3n) is 5.07. The summed E-state index contributed by atoms with van der Waals surface area (Å²) < 4.78 is 10.8. The molecule has 0 aromatic heterocycles. The maximum Gasteiger partial charge on any atom is 0.338 e. The topological polar surface area (TPSA) is 42.0 Å². The van der Waals surface area contributed by atoms with Crippen LogP contribution >= 0.6 is 0 Å². The number of carbonyl (C=O) groups excluding carboxylic acids is 1. The summed E-state index contributed by atoms with van der Waals surface area (Å²) >= 11 is 0. The number of hydrogen-bond donors (Lipinski definition) is 0. The Morgan fingerprint density at radius 1 is 0.893 bits per heavy atom. The average molecular weight is 383 g/mol. The number of hydrogen-bond acceptors (Lipinski definition) is 5. The van der Waals surface area contributed by atoms with Gasteiger partial charge in [-0.2, -0.15) is 0 Å². The molecular formula is C23H30N2O3. The van der Waals surface area contributed by atoms with Gasteiger partial charge in [0.15, 0.2) is 0 Å². The minimum Gasteiger partial charge on any atom is -0.492 e. The molecule has 28 heavy (non-hydrogen) atoms. The van der Waals surface area contributed by atoms with Crippen LogP contribution in [0.5, 0.6) is 5.75 Å². The van der Waals surface area contributed by atoms with Crippen LogP contribution in [0.25, 0.3) is 0 Å². The Balaban J connectivity index is 1.32. The molecule has 3 rings (SSSR count). The van der Waals surface area contributed by atoms with Gasteiger partial charge in [-0.3, -0.25) is 4.90 Å². The van der Waals surface area contributed by atoms with Crippen molar-refractivity contribution in [3.05, 3.63) is 65.7 Å². The van der Waals surface area contributed by atoms with Gasteiger partial charge >= 0.3 is 5.97 Å². The number of para-hydroxylation sites is 1. The molecule has 1 fully saturated rings. The van der Waals surface area contributed by atoms with Crippen molar-refractivity contribution in [1.29, 1.82) is 0 Å². The molecular weight excluding hydrogens is 352 g/mol. The highest BCUT2D eigenvalue weighted by molar-refractivity contribution is 5.89. The summed E-state index contributed by atoms with van der Waals surface area (Å²) in [4.78, 5) is 16.7. The number of ether oxygens (including phenoxy) is 2. The fraction of sp³-hybridized carbons (Fsp3) is 0.435. The lowest BCUT2D eigenvalue weighted by Crippen LogP contribution is -2.47. The monoisotopic (exact) mass is 382 g/mol. The van der Waals surface area contributed by atoms with E-state index in [2.05, 4.69) is 9.80 Å². The van der Waals surface area contributed by atoms with Crippen molar-refractivity contribution in [1.82, 2.24) is 9.80 Å². The second-order valence-electron chi connectivity index (χ2n) is 7.01. The molecule has 1 saturated heterocycles. The number of rotatable bonds is 9. The molecule has 0 atom stereocenters. The summed E-state index contributed by atoms with van der Waals surface area (Å²) in [6.45, 7) is 9.33. The largest absolute Gasteiger partial charge is 0.492 e. The van der Waals surface area contributed by atoms with E-state index in [0.717, 1.165) is 58.0 Å². The van der Waals surface area contributed by atoms with Crippen molar-refractivity contribution in [3.8, 4) is 5.75 Å². The quantitative estimate of drug-likeness (QED) is 0.624. The SMILES string of the molecule is CCOC(=O)c1ccc(CCN2CCN(CCOc3ccccc3)CC2)cc1. The van der Waals surface area contributed by atoms with Crippen molar-refractivity contribution in [3.63, 3.8) is 0 Å². The molecule has 2 aromatic carbocycles. The molecule has 0 amide bonds. The second-order valence-corrected chi connectivity index (χ2v) is 7.01. The molecule has 0 radical (unpaired) electrons. The van der Waals surface area contributed by atoms with E-state index >= 15 is 0 Å². The van der Waals surface area contributed by atoms with Gasteiger partial charge in [-0.25, -0.2) is 4.79 Å². The summed E-state index contributed by atoms with van der Waals surface area (Å²) in [5.41, 5.74) is 1.88. The van der Waals surface area contributed by atoms with Crippen LogP contribution in [-0.2, 0) is 11.2 Å². The van der Waals surface area contributed by atoms with E-state index in [9.17, 15) is 4.79 Å². The standard InChI is InChI=1S/C23H30N2O3/c1-2-27-23(26)21-10-8-20(9-11-21)12-13-24-14-16-25(17-15-24)18-19-28-22-6-4-3-5-7-22/h3-11H,2,12-19H2,1H3. The van der Waals surface area contributed by atoms with Gasteiger partial charge in [0, 0.05) is 39.3 Å². The molecule has 1 aliphatic heterocycles. The Morgan fingerprint density at radius 2 is 1.54 bits per heavy atom. The van der Waals surface area contributed by atoms with Gasteiger partial charge in [0.1, 0.15) is 12.4 Å². The number of nitrogens with zero attached hydrogens (tertiary/aromatic N) is 2. The minimum absolute atomic E-state index is 0.249. The molecule has 5 nitrogen and oxygen atoms in total. The minimum atomic E-state index is -0.249. The predicted octanol–water partition coefficient (Wildman–Crippen LogP) is 3.10. The van der Waals surface area contributed by atoms with Crippen LogP contribution in [0.4, 0.5) is 0 Å². The maximum absolute atomic E-state index is 11.7. The van der Waals surface area contributed by atoms with Gasteiger partial charge in [-0.05, 0) is 43.2 Å². The number of carbonyl (C=O) groups is 1. The Kier molecular flexibility index (Phi) is 7.88. The van der Waals surface area contributed by atoms with E-state index in [1.54, 1.807) is 0 Å². The number of piperazine rings is 1. The van der Waals surface area contributed by atoms with Crippen LogP contribution in [-0.4, -0.2) is 68.3 Å². The van der Waals surface area contributed by atoms with Crippen LogP contribution in [0, 0.1) is 0 Å². The van der Waals surface area contributed by atoms with Gasteiger partial charge in [-0.1, -0.05) is 30.3 Å². The highest BCUT2D eigenvalue weighted by Gasteiger charge is 2.16. The van der Waals surface area contributed by atoms with Crippen LogP contribution in [0.15, 0.2) is 54.6 Å². The molecule has 1 aliphatic rings. The van der Waals surface area contributed by atoms with Crippen LogP contribution < -0.4 is 4.74 Å². The van der Waals surface area contributed by atoms with Crippen LogP contribution in [0.3, 0.4) is 0 Å². The summed E-state index contributed by atoms with van der Waals surface area (Å²) in [6.07, 6.45) is 1.00. The summed E-state index contributed by atoms with van der Waals surface area (Å²) in [6, 6.07) is 17.8. The summed E-state index contributed by atoms with van der Waals surface area (Å²) in [5, 5.41) is 0. The molecule has 0 spiro atoms. The Hall–Kier alpha value is -2.37. The fourth-order valence-corrected chi connectivity index (χ4v) is 3.35. The third kappa shape index (κ3) is 6.36. The summed E-state index contributed by atoms with van der Waals surface area (Å²) in [5.74, 6) is 0.691. The zero-order chi connectivity index (χ0) is 19.6. The zero-order valence-corrected chi connectivity index (χ0v) is 16.7. The molecule has 150 valence electrons. The van der Waals surface area contributed by atoms with Crippen molar-refractivity contribution in [2.45, 2.75) is 13.3 Å². The second kappa shape index (κ2) is 10.8. The molecule has 0 bridgehead atoms. The number of esters is 1. The molecule has 0 unspecified atom stereocenters. The van der Waals surface area contributed by atoms with Gasteiger partial charge in [-0.15, -0.1) is 0 Å².